The summed E-state index contributed by atoms with van der Waals surface area (Å²) in [6, 6.07) is 8.25. The number of rotatable bonds is 2. The first kappa shape index (κ1) is 12.0. The molecule has 0 bridgehead atoms. The van der Waals surface area contributed by atoms with Gasteiger partial charge in [0, 0.05) is 18.0 Å². The van der Waals surface area contributed by atoms with Crippen LogP contribution in [0.1, 0.15) is 0 Å². The molecular formula is C14H10ClFN2O. The molecule has 1 aromatic carbocycles. The molecule has 0 aliphatic carbocycles. The maximum atomic E-state index is 13.2. The van der Waals surface area contributed by atoms with Crippen LogP contribution in [0.25, 0.3) is 16.9 Å². The summed E-state index contributed by atoms with van der Waals surface area (Å²) in [6.07, 6.45) is 3.72. The van der Waals surface area contributed by atoms with Crippen LogP contribution in [0.2, 0.25) is 5.02 Å². The van der Waals surface area contributed by atoms with Gasteiger partial charge in [-0.05, 0) is 30.3 Å². The molecule has 2 heterocycles. The summed E-state index contributed by atoms with van der Waals surface area (Å²) >= 11 is 5.79. The van der Waals surface area contributed by atoms with Gasteiger partial charge in [-0.2, -0.15) is 0 Å². The summed E-state index contributed by atoms with van der Waals surface area (Å²) in [5, 5.41) is 0.0847. The third kappa shape index (κ3) is 2.04. The lowest BCUT2D eigenvalue weighted by atomic mass is 10.2. The standard InChI is InChI=1S/C14H10ClFN2O/c1-19-13-3-2-6-18-8-12(17-14(13)18)9-4-5-11(16)10(15)7-9/h2-8H,1H3. The molecule has 0 atom stereocenters. The Hall–Kier alpha value is -2.07. The lowest BCUT2D eigenvalue weighted by Crippen LogP contribution is -1.88. The summed E-state index contributed by atoms with van der Waals surface area (Å²) in [7, 11) is 1.60. The van der Waals surface area contributed by atoms with E-state index >= 15 is 0 Å². The molecule has 0 saturated heterocycles. The number of benzene rings is 1. The minimum absolute atomic E-state index is 0.0847. The molecule has 0 N–H and O–H groups in total. The highest BCUT2D eigenvalue weighted by Crippen LogP contribution is 2.27. The molecule has 0 saturated carbocycles. The molecule has 2 aromatic heterocycles. The average molecular weight is 277 g/mol. The van der Waals surface area contributed by atoms with Crippen molar-refractivity contribution in [1.29, 1.82) is 0 Å². The number of hydrogen-bond acceptors (Lipinski definition) is 2. The van der Waals surface area contributed by atoms with Crippen LogP contribution in [-0.4, -0.2) is 16.5 Å². The van der Waals surface area contributed by atoms with Gasteiger partial charge in [0.2, 0.25) is 0 Å². The Morgan fingerprint density at radius 2 is 2.16 bits per heavy atom. The van der Waals surface area contributed by atoms with Crippen molar-refractivity contribution in [2.24, 2.45) is 0 Å². The second-order valence-corrected chi connectivity index (χ2v) is 4.47. The second-order valence-electron chi connectivity index (χ2n) is 4.06. The van der Waals surface area contributed by atoms with Crippen LogP contribution in [0.5, 0.6) is 5.75 Å². The average Bonchev–Trinajstić information content (AvgIpc) is 2.85. The van der Waals surface area contributed by atoms with Gasteiger partial charge >= 0.3 is 0 Å². The van der Waals surface area contributed by atoms with Gasteiger partial charge in [0.1, 0.15) is 5.82 Å². The third-order valence-electron chi connectivity index (χ3n) is 2.88. The van der Waals surface area contributed by atoms with Gasteiger partial charge < -0.3 is 9.14 Å². The predicted octanol–water partition coefficient (Wildman–Crippen LogP) is 3.80. The van der Waals surface area contributed by atoms with E-state index in [1.807, 2.05) is 28.9 Å². The molecule has 0 unspecified atom stereocenters. The van der Waals surface area contributed by atoms with Crippen molar-refractivity contribution < 1.29 is 9.13 Å². The van der Waals surface area contributed by atoms with Crippen molar-refractivity contribution in [2.75, 3.05) is 7.11 Å². The second kappa shape index (κ2) is 4.55. The molecule has 3 rings (SSSR count). The van der Waals surface area contributed by atoms with Crippen molar-refractivity contribution >= 4 is 17.2 Å². The minimum atomic E-state index is -0.438. The lowest BCUT2D eigenvalue weighted by Gasteiger charge is -1.99. The van der Waals surface area contributed by atoms with Gasteiger partial charge in [0.05, 0.1) is 17.8 Å². The molecule has 0 amide bonds. The first-order valence-electron chi connectivity index (χ1n) is 5.66. The maximum Gasteiger partial charge on any atom is 0.180 e. The van der Waals surface area contributed by atoms with Crippen molar-refractivity contribution in [2.45, 2.75) is 0 Å². The highest BCUT2D eigenvalue weighted by molar-refractivity contribution is 6.31. The summed E-state index contributed by atoms with van der Waals surface area (Å²) in [6.45, 7) is 0. The van der Waals surface area contributed by atoms with Crippen molar-refractivity contribution in [3.63, 3.8) is 0 Å². The van der Waals surface area contributed by atoms with Gasteiger partial charge in [-0.3, -0.25) is 0 Å². The number of aromatic nitrogens is 2. The number of hydrogen-bond donors (Lipinski definition) is 0. The van der Waals surface area contributed by atoms with Gasteiger partial charge in [0.15, 0.2) is 11.4 Å². The zero-order chi connectivity index (χ0) is 13.4. The van der Waals surface area contributed by atoms with Crippen molar-refractivity contribution in [3.05, 3.63) is 53.6 Å². The van der Waals surface area contributed by atoms with Crippen LogP contribution < -0.4 is 4.74 Å². The Labute approximate surface area is 114 Å². The number of pyridine rings is 1. The fourth-order valence-electron chi connectivity index (χ4n) is 1.94. The number of fused-ring (bicyclic) bond motifs is 1. The number of nitrogens with zero attached hydrogens (tertiary/aromatic N) is 2. The Balaban J connectivity index is 2.17. The van der Waals surface area contributed by atoms with Gasteiger partial charge in [-0.1, -0.05) is 11.6 Å². The number of ether oxygens (including phenoxy) is 1. The van der Waals surface area contributed by atoms with E-state index in [9.17, 15) is 4.39 Å². The Morgan fingerprint density at radius 3 is 2.89 bits per heavy atom. The molecule has 96 valence electrons. The highest BCUT2D eigenvalue weighted by Gasteiger charge is 2.09. The van der Waals surface area contributed by atoms with Crippen molar-refractivity contribution in [1.82, 2.24) is 9.38 Å². The van der Waals surface area contributed by atoms with Crippen molar-refractivity contribution in [3.8, 4) is 17.0 Å². The van der Waals surface area contributed by atoms with E-state index < -0.39 is 5.82 Å². The normalized spacial score (nSPS) is 10.9. The van der Waals surface area contributed by atoms with Crippen LogP contribution in [0.3, 0.4) is 0 Å². The summed E-state index contributed by atoms with van der Waals surface area (Å²) in [5.41, 5.74) is 2.18. The zero-order valence-electron chi connectivity index (χ0n) is 10.1. The number of imidazole rings is 1. The molecule has 5 heteroatoms. The quantitative estimate of drug-likeness (QED) is 0.712. The summed E-state index contributed by atoms with van der Waals surface area (Å²) in [5.74, 6) is 0.244. The fourth-order valence-corrected chi connectivity index (χ4v) is 2.12. The topological polar surface area (TPSA) is 26.5 Å². The lowest BCUT2D eigenvalue weighted by molar-refractivity contribution is 0.417. The third-order valence-corrected chi connectivity index (χ3v) is 3.17. The van der Waals surface area contributed by atoms with Crippen LogP contribution in [0.15, 0.2) is 42.7 Å². The zero-order valence-corrected chi connectivity index (χ0v) is 10.9. The molecule has 0 spiro atoms. The molecule has 0 radical (unpaired) electrons. The molecule has 3 nitrogen and oxygen atoms in total. The van der Waals surface area contributed by atoms with E-state index in [1.54, 1.807) is 19.2 Å². The molecule has 0 aliphatic rings. The predicted molar refractivity (Wildman–Crippen MR) is 72.1 cm³/mol. The van der Waals surface area contributed by atoms with E-state index in [-0.39, 0.29) is 5.02 Å². The van der Waals surface area contributed by atoms with Crippen LogP contribution in [0, 0.1) is 5.82 Å². The molecule has 0 fully saturated rings. The summed E-state index contributed by atoms with van der Waals surface area (Å²) in [4.78, 5) is 4.48. The van der Waals surface area contributed by atoms with Crippen LogP contribution in [-0.2, 0) is 0 Å². The maximum absolute atomic E-state index is 13.2. The monoisotopic (exact) mass is 276 g/mol. The number of methoxy groups -OCH3 is 1. The van der Waals surface area contributed by atoms with Gasteiger partial charge in [-0.25, -0.2) is 9.37 Å². The van der Waals surface area contributed by atoms with Crippen LogP contribution in [0.4, 0.5) is 4.39 Å². The Morgan fingerprint density at radius 1 is 1.32 bits per heavy atom. The largest absolute Gasteiger partial charge is 0.493 e. The van der Waals surface area contributed by atoms with Gasteiger partial charge in [-0.15, -0.1) is 0 Å². The van der Waals surface area contributed by atoms with E-state index in [0.717, 1.165) is 5.56 Å². The first-order valence-corrected chi connectivity index (χ1v) is 6.04. The van der Waals surface area contributed by atoms with Gasteiger partial charge in [0.25, 0.3) is 0 Å². The highest BCUT2D eigenvalue weighted by atomic mass is 35.5. The van der Waals surface area contributed by atoms with E-state index in [2.05, 4.69) is 4.98 Å². The molecular weight excluding hydrogens is 267 g/mol. The van der Waals surface area contributed by atoms with E-state index in [4.69, 9.17) is 16.3 Å². The first-order chi connectivity index (χ1) is 9.19. The fraction of sp³-hybridized carbons (Fsp3) is 0.0714. The Kier molecular flexibility index (Phi) is 2.87. The molecule has 3 aromatic rings. The Bertz CT molecular complexity index is 754. The van der Waals surface area contributed by atoms with Crippen LogP contribution >= 0.6 is 11.6 Å². The van der Waals surface area contributed by atoms with E-state index in [1.165, 1.54) is 6.07 Å². The minimum Gasteiger partial charge on any atom is -0.493 e. The smallest absolute Gasteiger partial charge is 0.180 e. The summed E-state index contributed by atoms with van der Waals surface area (Å²) < 4.78 is 20.3. The molecule has 19 heavy (non-hydrogen) atoms. The van der Waals surface area contributed by atoms with E-state index in [0.29, 0.717) is 17.1 Å². The molecule has 0 aliphatic heterocycles. The number of halogens is 2. The SMILES string of the molecule is COc1cccn2cc(-c3ccc(F)c(Cl)c3)nc12.